The van der Waals surface area contributed by atoms with Crippen molar-refractivity contribution < 1.29 is 24.2 Å². The van der Waals surface area contributed by atoms with Crippen LogP contribution in [0.1, 0.15) is 70.2 Å². The summed E-state index contributed by atoms with van der Waals surface area (Å²) in [7, 11) is 2.87. The Labute approximate surface area is 332 Å². The first-order valence-corrected chi connectivity index (χ1v) is 19.6. The topological polar surface area (TPSA) is 173 Å². The molecule has 2 aliphatic heterocycles. The third-order valence-corrected chi connectivity index (χ3v) is 11.3. The number of carbonyl (C=O) groups is 3. The minimum Gasteiger partial charge on any atom is -0.465 e. The highest BCUT2D eigenvalue weighted by atomic mass is 16.5. The summed E-state index contributed by atoms with van der Waals surface area (Å²) in [4.78, 5) is 64.6. The Bertz CT molecular complexity index is 2150. The first-order valence-electron chi connectivity index (χ1n) is 19.6. The molecule has 3 amide bonds. The van der Waals surface area contributed by atoms with Crippen molar-refractivity contribution in [3.8, 4) is 33.6 Å². The smallest absolute Gasteiger partial charge is 0.407 e. The van der Waals surface area contributed by atoms with Crippen molar-refractivity contribution in [3.05, 3.63) is 97.1 Å². The lowest BCUT2D eigenvalue weighted by Crippen LogP contribution is -2.54. The molecule has 57 heavy (non-hydrogen) atoms. The number of ether oxygens (including phenoxy) is 1. The minimum absolute atomic E-state index is 0.0684. The molecule has 0 spiro atoms. The zero-order valence-electron chi connectivity index (χ0n) is 33.1. The number of benzene rings is 2. The summed E-state index contributed by atoms with van der Waals surface area (Å²) in [6.45, 7) is 7.01. The van der Waals surface area contributed by atoms with E-state index in [1.165, 1.54) is 14.2 Å². The fraction of sp³-hybridized carbons (Fsp3) is 0.395. The first kappa shape index (κ1) is 39.2. The largest absolute Gasteiger partial charge is 0.465 e. The lowest BCUT2D eigenvalue weighted by Gasteiger charge is -2.34. The number of pyridine rings is 1. The number of rotatable bonds is 13. The van der Waals surface area contributed by atoms with E-state index in [0.29, 0.717) is 18.9 Å². The summed E-state index contributed by atoms with van der Waals surface area (Å²) in [5.74, 6) is 1.33. The Morgan fingerprint density at radius 3 is 1.75 bits per heavy atom. The van der Waals surface area contributed by atoms with Crippen molar-refractivity contribution in [1.82, 2.24) is 39.6 Å². The van der Waals surface area contributed by atoms with Gasteiger partial charge in [0.25, 0.3) is 0 Å². The van der Waals surface area contributed by atoms with Gasteiger partial charge in [-0.1, -0.05) is 62.4 Å². The van der Waals surface area contributed by atoms with Crippen LogP contribution in [0.2, 0.25) is 0 Å². The average molecular weight is 774 g/mol. The number of carboxylic acid groups (broad SMARTS) is 1. The quantitative estimate of drug-likeness (QED) is 0.0983. The van der Waals surface area contributed by atoms with E-state index in [1.807, 2.05) is 35.4 Å². The van der Waals surface area contributed by atoms with Crippen LogP contribution in [0.4, 0.5) is 10.5 Å². The van der Waals surface area contributed by atoms with Crippen LogP contribution in [0.5, 0.6) is 0 Å². The number of hydrogen-bond donors (Lipinski definition) is 4. The predicted molar refractivity (Wildman–Crippen MR) is 217 cm³/mol. The van der Waals surface area contributed by atoms with Crippen LogP contribution < -0.4 is 5.32 Å². The van der Waals surface area contributed by atoms with Gasteiger partial charge < -0.3 is 34.9 Å². The van der Waals surface area contributed by atoms with Gasteiger partial charge in [-0.05, 0) is 72.9 Å². The molecule has 0 aliphatic carbocycles. The molecule has 5 aromatic rings. The van der Waals surface area contributed by atoms with Gasteiger partial charge in [-0.2, -0.15) is 0 Å². The van der Waals surface area contributed by atoms with Gasteiger partial charge in [0, 0.05) is 39.6 Å². The number of likely N-dealkylation sites (N-methyl/N-ethyl adjacent to an activating group) is 1. The van der Waals surface area contributed by atoms with Crippen LogP contribution >= 0.6 is 0 Å². The Balaban J connectivity index is 1.00. The van der Waals surface area contributed by atoms with Gasteiger partial charge in [0.2, 0.25) is 11.8 Å². The van der Waals surface area contributed by atoms with Gasteiger partial charge in [0.05, 0.1) is 47.7 Å². The van der Waals surface area contributed by atoms with Crippen LogP contribution in [0.3, 0.4) is 0 Å². The Morgan fingerprint density at radius 2 is 1.30 bits per heavy atom. The zero-order valence-corrected chi connectivity index (χ0v) is 33.1. The molecule has 0 unspecified atom stereocenters. The van der Waals surface area contributed by atoms with Gasteiger partial charge in [-0.25, -0.2) is 14.8 Å². The van der Waals surface area contributed by atoms with E-state index in [0.717, 1.165) is 75.7 Å². The summed E-state index contributed by atoms with van der Waals surface area (Å²) in [6, 6.07) is 18.6. The van der Waals surface area contributed by atoms with E-state index in [4.69, 9.17) is 9.72 Å². The molecule has 298 valence electrons. The third-order valence-electron chi connectivity index (χ3n) is 11.3. The molecule has 2 aromatic carbocycles. The minimum atomic E-state index is -1.19. The molecule has 0 saturated carbocycles. The molecular formula is C43H51N9O5. The maximum atomic E-state index is 13.9. The van der Waals surface area contributed by atoms with Crippen LogP contribution in [-0.2, 0) is 14.3 Å². The van der Waals surface area contributed by atoms with Gasteiger partial charge in [0.15, 0.2) is 0 Å². The monoisotopic (exact) mass is 773 g/mol. The second kappa shape index (κ2) is 17.0. The maximum Gasteiger partial charge on any atom is 0.407 e. The molecule has 2 aliphatic rings. The summed E-state index contributed by atoms with van der Waals surface area (Å²) < 4.78 is 5.39. The number of carbonyl (C=O) groups excluding carboxylic acids is 2. The molecule has 4 N–H and O–H groups in total. The van der Waals surface area contributed by atoms with E-state index in [9.17, 15) is 19.5 Å². The number of likely N-dealkylation sites (tertiary alicyclic amines) is 2. The van der Waals surface area contributed by atoms with Crippen molar-refractivity contribution in [2.75, 3.05) is 32.6 Å². The molecule has 5 heterocycles. The predicted octanol–water partition coefficient (Wildman–Crippen LogP) is 7.01. The molecule has 0 radical (unpaired) electrons. The first-order chi connectivity index (χ1) is 27.5. The number of hydrogen-bond acceptors (Lipinski definition) is 8. The summed E-state index contributed by atoms with van der Waals surface area (Å²) in [5, 5.41) is 13.0. The fourth-order valence-electron chi connectivity index (χ4n) is 8.04. The van der Waals surface area contributed by atoms with Crippen LogP contribution in [0.15, 0.2) is 85.5 Å². The highest BCUT2D eigenvalue weighted by Crippen LogP contribution is 2.35. The van der Waals surface area contributed by atoms with Crippen molar-refractivity contribution in [2.45, 2.75) is 76.7 Å². The lowest BCUT2D eigenvalue weighted by atomic mass is 10.0. The molecule has 2 fully saturated rings. The standard InChI is InChI=1S/C43H51N9O5/c1-26(2)37(47-32-9-6-20-44-23-32)41(53)51-21-7-10-35(51)39-45-24-33(48-39)30-16-12-28(13-17-30)29-14-18-31(19-15-29)34-25-46-40(49-34)36-11-8-22-52(36)42(54)38(27(3)57-5)50(4)43(55)56/h6,9,12-20,23-27,35-38,47H,7-8,10-11,21-22H2,1-5H3,(H,45,48)(H,46,49)(H,55,56)/t27-,35+,36+,37+,38+/m1/s1. The molecule has 2 saturated heterocycles. The zero-order chi connectivity index (χ0) is 40.2. The number of aromatic nitrogens is 5. The fourth-order valence-corrected chi connectivity index (χ4v) is 8.04. The molecule has 7 rings (SSSR count). The summed E-state index contributed by atoms with van der Waals surface area (Å²) in [6.07, 6.45) is 8.57. The van der Waals surface area contributed by atoms with E-state index in [1.54, 1.807) is 30.4 Å². The second-order valence-electron chi connectivity index (χ2n) is 15.3. The van der Waals surface area contributed by atoms with E-state index in [-0.39, 0.29) is 35.9 Å². The van der Waals surface area contributed by atoms with Crippen molar-refractivity contribution in [3.63, 3.8) is 0 Å². The van der Waals surface area contributed by atoms with Crippen molar-refractivity contribution in [2.24, 2.45) is 5.92 Å². The molecule has 14 nitrogen and oxygen atoms in total. The van der Waals surface area contributed by atoms with Crippen molar-refractivity contribution in [1.29, 1.82) is 0 Å². The SMILES string of the molecule is CO[C@H](C)[C@@H](C(=O)N1CCC[C@H]1c1ncc(-c2ccc(-c3ccc(-c4cnc([C@@H]5CCCN5C(=O)[C@@H](Nc5cccnc5)C(C)C)[nH]4)cc3)cc2)[nH]1)N(C)C(=O)O. The number of nitrogens with zero attached hydrogens (tertiary/aromatic N) is 6. The number of aromatic amines is 2. The van der Waals surface area contributed by atoms with Gasteiger partial charge in [-0.3, -0.25) is 19.5 Å². The number of anilines is 1. The van der Waals surface area contributed by atoms with Crippen LogP contribution in [-0.4, -0.2) is 108 Å². The summed E-state index contributed by atoms with van der Waals surface area (Å²) in [5.41, 5.74) is 6.64. The summed E-state index contributed by atoms with van der Waals surface area (Å²) >= 11 is 0. The number of methoxy groups -OCH3 is 1. The second-order valence-corrected chi connectivity index (χ2v) is 15.3. The number of H-pyrrole nitrogens is 2. The highest BCUT2D eigenvalue weighted by Gasteiger charge is 2.41. The van der Waals surface area contributed by atoms with Crippen LogP contribution in [0, 0.1) is 5.92 Å². The third kappa shape index (κ3) is 8.27. The molecule has 5 atom stereocenters. The van der Waals surface area contributed by atoms with Gasteiger partial charge in [0.1, 0.15) is 23.7 Å². The Morgan fingerprint density at radius 1 is 0.789 bits per heavy atom. The number of nitrogens with one attached hydrogen (secondary N) is 3. The van der Waals surface area contributed by atoms with Gasteiger partial charge >= 0.3 is 6.09 Å². The Kier molecular flexibility index (Phi) is 11.7. The van der Waals surface area contributed by atoms with E-state index in [2.05, 4.69) is 75.5 Å². The normalized spacial score (nSPS) is 18.4. The van der Waals surface area contributed by atoms with E-state index >= 15 is 0 Å². The molecule has 0 bridgehead atoms. The van der Waals surface area contributed by atoms with Gasteiger partial charge in [-0.15, -0.1) is 0 Å². The molecule has 3 aromatic heterocycles. The number of imidazole rings is 2. The average Bonchev–Trinajstić information content (AvgIpc) is 4.07. The molecule has 14 heteroatoms. The lowest BCUT2D eigenvalue weighted by molar-refractivity contribution is -0.141. The Hall–Kier alpha value is -6.02. The molecular weight excluding hydrogens is 723 g/mol. The highest BCUT2D eigenvalue weighted by molar-refractivity contribution is 5.87. The van der Waals surface area contributed by atoms with Crippen molar-refractivity contribution >= 4 is 23.6 Å². The van der Waals surface area contributed by atoms with Crippen LogP contribution in [0.25, 0.3) is 33.6 Å². The maximum absolute atomic E-state index is 13.9. The number of amides is 3. The van der Waals surface area contributed by atoms with E-state index < -0.39 is 18.2 Å².